The first kappa shape index (κ1) is 16.7. The molecule has 0 amide bonds. The van der Waals surface area contributed by atoms with Gasteiger partial charge < -0.3 is 14.8 Å². The normalized spacial score (nSPS) is 27.4. The van der Waals surface area contributed by atoms with E-state index in [4.69, 9.17) is 9.47 Å². The summed E-state index contributed by atoms with van der Waals surface area (Å²) < 4.78 is 11.3. The Morgan fingerprint density at radius 2 is 2.09 bits per heavy atom. The molecule has 4 atom stereocenters. The molecular formula is C19H30N2O2. The van der Waals surface area contributed by atoms with Crippen LogP contribution >= 0.6 is 0 Å². The van der Waals surface area contributed by atoms with Gasteiger partial charge in [-0.1, -0.05) is 19.1 Å². The molecule has 23 heavy (non-hydrogen) atoms. The van der Waals surface area contributed by atoms with Crippen LogP contribution in [0.1, 0.15) is 38.2 Å². The Bertz CT molecular complexity index is 491. The number of nitrogens with zero attached hydrogens (tertiary/aromatic N) is 1. The van der Waals surface area contributed by atoms with Gasteiger partial charge in [0.2, 0.25) is 0 Å². The van der Waals surface area contributed by atoms with Crippen molar-refractivity contribution in [3.05, 3.63) is 29.8 Å². The SMILES string of the molecule is COc1ccc([C@H](C)[C@H](C)NC[C@@H]2CN3CCC[C@H]3CO2)cc1. The zero-order valence-corrected chi connectivity index (χ0v) is 14.6. The van der Waals surface area contributed by atoms with E-state index in [1.807, 2.05) is 12.1 Å². The lowest BCUT2D eigenvalue weighted by molar-refractivity contribution is -0.0478. The molecule has 128 valence electrons. The minimum Gasteiger partial charge on any atom is -0.497 e. The molecule has 2 fully saturated rings. The Kier molecular flexibility index (Phi) is 5.57. The first-order valence-electron chi connectivity index (χ1n) is 8.90. The van der Waals surface area contributed by atoms with Gasteiger partial charge in [-0.2, -0.15) is 0 Å². The molecule has 1 N–H and O–H groups in total. The van der Waals surface area contributed by atoms with Gasteiger partial charge in [-0.25, -0.2) is 0 Å². The predicted octanol–water partition coefficient (Wildman–Crippen LogP) is 2.64. The molecule has 1 aromatic rings. The molecule has 0 aromatic heterocycles. The highest BCUT2D eigenvalue weighted by Gasteiger charge is 2.32. The maximum absolute atomic E-state index is 6.04. The second kappa shape index (κ2) is 7.65. The summed E-state index contributed by atoms with van der Waals surface area (Å²) in [6, 6.07) is 9.50. The van der Waals surface area contributed by atoms with Gasteiger partial charge in [0.25, 0.3) is 0 Å². The highest BCUT2D eigenvalue weighted by molar-refractivity contribution is 5.29. The number of hydrogen-bond acceptors (Lipinski definition) is 4. The number of methoxy groups -OCH3 is 1. The highest BCUT2D eigenvalue weighted by Crippen LogP contribution is 2.24. The molecule has 4 nitrogen and oxygen atoms in total. The van der Waals surface area contributed by atoms with Crippen molar-refractivity contribution in [2.45, 2.75) is 50.8 Å². The lowest BCUT2D eigenvalue weighted by Gasteiger charge is -2.36. The third kappa shape index (κ3) is 4.06. The van der Waals surface area contributed by atoms with Crippen LogP contribution in [-0.4, -0.2) is 56.4 Å². The average Bonchev–Trinajstić information content (AvgIpc) is 3.06. The predicted molar refractivity (Wildman–Crippen MR) is 93.2 cm³/mol. The van der Waals surface area contributed by atoms with E-state index in [2.05, 4.69) is 36.2 Å². The molecule has 0 unspecified atom stereocenters. The van der Waals surface area contributed by atoms with E-state index in [9.17, 15) is 0 Å². The van der Waals surface area contributed by atoms with Crippen molar-refractivity contribution < 1.29 is 9.47 Å². The van der Waals surface area contributed by atoms with Crippen molar-refractivity contribution >= 4 is 0 Å². The summed E-state index contributed by atoms with van der Waals surface area (Å²) in [5.74, 6) is 1.38. The topological polar surface area (TPSA) is 33.7 Å². The minimum atomic E-state index is 0.329. The van der Waals surface area contributed by atoms with Crippen LogP contribution in [-0.2, 0) is 4.74 Å². The molecule has 0 bridgehead atoms. The van der Waals surface area contributed by atoms with Gasteiger partial charge in [0, 0.05) is 25.2 Å². The summed E-state index contributed by atoms with van der Waals surface area (Å²) in [5, 5.41) is 3.68. The van der Waals surface area contributed by atoms with E-state index in [1.54, 1.807) is 7.11 Å². The first-order chi connectivity index (χ1) is 11.2. The van der Waals surface area contributed by atoms with E-state index in [0.29, 0.717) is 24.1 Å². The van der Waals surface area contributed by atoms with E-state index in [1.165, 1.54) is 24.9 Å². The molecule has 4 heteroatoms. The number of ether oxygens (including phenoxy) is 2. The maximum Gasteiger partial charge on any atom is 0.118 e. The second-order valence-corrected chi connectivity index (χ2v) is 7.01. The quantitative estimate of drug-likeness (QED) is 0.874. The molecule has 0 spiro atoms. The zero-order valence-electron chi connectivity index (χ0n) is 14.6. The van der Waals surface area contributed by atoms with Gasteiger partial charge in [0.1, 0.15) is 5.75 Å². The average molecular weight is 318 g/mol. The Balaban J connectivity index is 1.47. The van der Waals surface area contributed by atoms with E-state index in [0.717, 1.165) is 25.4 Å². The summed E-state index contributed by atoms with van der Waals surface area (Å²) in [5.41, 5.74) is 1.34. The van der Waals surface area contributed by atoms with Gasteiger partial charge in [0.15, 0.2) is 0 Å². The fourth-order valence-corrected chi connectivity index (χ4v) is 3.70. The van der Waals surface area contributed by atoms with Gasteiger partial charge in [-0.3, -0.25) is 4.90 Å². The number of hydrogen-bond donors (Lipinski definition) is 1. The van der Waals surface area contributed by atoms with E-state index < -0.39 is 0 Å². The standard InChI is InChI=1S/C19H30N2O2/c1-14(16-6-8-18(22-3)9-7-16)15(2)20-11-19-12-21-10-4-5-17(21)13-23-19/h6-9,14-15,17,19-20H,4-5,10-13H2,1-3H3/t14-,15+,17+,19-/m1/s1. The molecule has 0 saturated carbocycles. The molecule has 0 aliphatic carbocycles. The summed E-state index contributed by atoms with van der Waals surface area (Å²) >= 11 is 0. The Hall–Kier alpha value is -1.10. The maximum atomic E-state index is 6.04. The van der Waals surface area contributed by atoms with Crippen LogP contribution < -0.4 is 10.1 Å². The van der Waals surface area contributed by atoms with Crippen molar-refractivity contribution in [1.29, 1.82) is 0 Å². The van der Waals surface area contributed by atoms with Crippen LogP contribution in [0, 0.1) is 0 Å². The monoisotopic (exact) mass is 318 g/mol. The summed E-state index contributed by atoms with van der Waals surface area (Å²) in [7, 11) is 1.71. The molecule has 3 rings (SSSR count). The van der Waals surface area contributed by atoms with Crippen LogP contribution in [0.3, 0.4) is 0 Å². The zero-order chi connectivity index (χ0) is 16.2. The number of morpholine rings is 1. The first-order valence-corrected chi connectivity index (χ1v) is 8.90. The Morgan fingerprint density at radius 1 is 1.30 bits per heavy atom. The smallest absolute Gasteiger partial charge is 0.118 e. The second-order valence-electron chi connectivity index (χ2n) is 7.01. The Labute approximate surface area is 140 Å². The Morgan fingerprint density at radius 3 is 2.83 bits per heavy atom. The third-order valence-corrected chi connectivity index (χ3v) is 5.52. The summed E-state index contributed by atoms with van der Waals surface area (Å²) in [6.07, 6.45) is 2.97. The van der Waals surface area contributed by atoms with E-state index in [-0.39, 0.29) is 0 Å². The number of rotatable bonds is 6. The van der Waals surface area contributed by atoms with Crippen molar-refractivity contribution in [1.82, 2.24) is 10.2 Å². The lowest BCUT2D eigenvalue weighted by Crippen LogP contribution is -2.50. The van der Waals surface area contributed by atoms with Crippen LogP contribution in [0.2, 0.25) is 0 Å². The highest BCUT2D eigenvalue weighted by atomic mass is 16.5. The largest absolute Gasteiger partial charge is 0.497 e. The molecule has 0 radical (unpaired) electrons. The van der Waals surface area contributed by atoms with Crippen LogP contribution in [0.25, 0.3) is 0 Å². The molecular weight excluding hydrogens is 288 g/mol. The fraction of sp³-hybridized carbons (Fsp3) is 0.684. The van der Waals surface area contributed by atoms with Gasteiger partial charge >= 0.3 is 0 Å². The number of nitrogens with one attached hydrogen (secondary N) is 1. The van der Waals surface area contributed by atoms with Crippen LogP contribution in [0.4, 0.5) is 0 Å². The van der Waals surface area contributed by atoms with Gasteiger partial charge in [-0.05, 0) is 49.9 Å². The number of benzene rings is 1. The number of fused-ring (bicyclic) bond motifs is 1. The van der Waals surface area contributed by atoms with Crippen molar-refractivity contribution in [3.63, 3.8) is 0 Å². The molecule has 2 aliphatic rings. The molecule has 2 heterocycles. The molecule has 2 aliphatic heterocycles. The van der Waals surface area contributed by atoms with Crippen molar-refractivity contribution in [3.8, 4) is 5.75 Å². The van der Waals surface area contributed by atoms with E-state index >= 15 is 0 Å². The van der Waals surface area contributed by atoms with Gasteiger partial charge in [-0.15, -0.1) is 0 Å². The molecule has 1 aromatic carbocycles. The fourth-order valence-electron chi connectivity index (χ4n) is 3.70. The van der Waals surface area contributed by atoms with Crippen LogP contribution in [0.5, 0.6) is 5.75 Å². The summed E-state index contributed by atoms with van der Waals surface area (Å²) in [6.45, 7) is 8.72. The minimum absolute atomic E-state index is 0.329. The van der Waals surface area contributed by atoms with Crippen molar-refractivity contribution in [2.24, 2.45) is 0 Å². The van der Waals surface area contributed by atoms with Gasteiger partial charge in [0.05, 0.1) is 19.8 Å². The van der Waals surface area contributed by atoms with Crippen molar-refractivity contribution in [2.75, 3.05) is 33.4 Å². The third-order valence-electron chi connectivity index (χ3n) is 5.52. The summed E-state index contributed by atoms with van der Waals surface area (Å²) in [4.78, 5) is 2.60. The molecule has 2 saturated heterocycles. The lowest BCUT2D eigenvalue weighted by atomic mass is 9.94. The van der Waals surface area contributed by atoms with Crippen LogP contribution in [0.15, 0.2) is 24.3 Å².